The van der Waals surface area contributed by atoms with Crippen molar-refractivity contribution in [3.8, 4) is 0 Å². The summed E-state index contributed by atoms with van der Waals surface area (Å²) in [5.74, 6) is 1.88. The molecule has 0 unspecified atom stereocenters. The average Bonchev–Trinajstić information content (AvgIpc) is 3.02. The highest BCUT2D eigenvalue weighted by Gasteiger charge is 2.32. The number of carbonyl (C=O) groups excluding carboxylic acids is 1. The van der Waals surface area contributed by atoms with Crippen molar-refractivity contribution < 1.29 is 9.53 Å². The maximum Gasteiger partial charge on any atom is 0.226 e. The molecule has 1 aromatic rings. The standard InChI is InChI=1S/C19H30N4O2/c1-14(2)10-18-20-11-16-12-23(13-17(16)21-18)19(24)15-4-6-22(7-5-15)8-9-25-3/h11,14-15H,4-10,12-13H2,1-3H3. The van der Waals surface area contributed by atoms with E-state index in [4.69, 9.17) is 4.74 Å². The number of aromatic nitrogens is 2. The fourth-order valence-corrected chi connectivity index (χ4v) is 3.70. The van der Waals surface area contributed by atoms with E-state index in [-0.39, 0.29) is 11.8 Å². The van der Waals surface area contributed by atoms with Crippen molar-refractivity contribution in [2.75, 3.05) is 33.4 Å². The van der Waals surface area contributed by atoms with Gasteiger partial charge in [0.1, 0.15) is 5.82 Å². The summed E-state index contributed by atoms with van der Waals surface area (Å²) in [6.45, 7) is 9.35. The van der Waals surface area contributed by atoms with Crippen LogP contribution in [0.15, 0.2) is 6.20 Å². The van der Waals surface area contributed by atoms with Crippen molar-refractivity contribution in [3.63, 3.8) is 0 Å². The highest BCUT2D eigenvalue weighted by atomic mass is 16.5. The van der Waals surface area contributed by atoms with Crippen LogP contribution in [-0.4, -0.2) is 59.0 Å². The van der Waals surface area contributed by atoms with Crippen LogP contribution < -0.4 is 0 Å². The van der Waals surface area contributed by atoms with E-state index in [1.165, 1.54) is 0 Å². The number of carbonyl (C=O) groups is 1. The number of methoxy groups -OCH3 is 1. The summed E-state index contributed by atoms with van der Waals surface area (Å²) in [6.07, 6.45) is 4.70. The second kappa shape index (κ2) is 8.23. The molecule has 3 rings (SSSR count). The van der Waals surface area contributed by atoms with Gasteiger partial charge in [0.25, 0.3) is 0 Å². The maximum absolute atomic E-state index is 12.9. The Hall–Kier alpha value is -1.53. The smallest absolute Gasteiger partial charge is 0.226 e. The van der Waals surface area contributed by atoms with Gasteiger partial charge in [0.05, 0.1) is 18.8 Å². The van der Waals surface area contributed by atoms with E-state index in [1.54, 1.807) is 7.11 Å². The second-order valence-electron chi connectivity index (χ2n) is 7.66. The zero-order chi connectivity index (χ0) is 17.8. The molecule has 1 aromatic heterocycles. The van der Waals surface area contributed by atoms with E-state index in [0.29, 0.717) is 19.0 Å². The number of hydrogen-bond donors (Lipinski definition) is 0. The molecule has 6 heteroatoms. The molecule has 0 radical (unpaired) electrons. The van der Waals surface area contributed by atoms with Crippen LogP contribution in [0, 0.1) is 11.8 Å². The first-order chi connectivity index (χ1) is 12.1. The fraction of sp³-hybridized carbons (Fsp3) is 0.737. The van der Waals surface area contributed by atoms with Crippen molar-refractivity contribution in [2.45, 2.75) is 46.2 Å². The van der Waals surface area contributed by atoms with E-state index >= 15 is 0 Å². The lowest BCUT2D eigenvalue weighted by atomic mass is 9.95. The number of fused-ring (bicyclic) bond motifs is 1. The van der Waals surface area contributed by atoms with E-state index in [0.717, 1.165) is 62.6 Å². The summed E-state index contributed by atoms with van der Waals surface area (Å²) in [5.41, 5.74) is 2.15. The Morgan fingerprint density at radius 2 is 2.08 bits per heavy atom. The molecule has 1 fully saturated rings. The van der Waals surface area contributed by atoms with Crippen LogP contribution in [0.4, 0.5) is 0 Å². The SMILES string of the molecule is COCCN1CCC(C(=O)N2Cc3cnc(CC(C)C)nc3C2)CC1. The Bertz CT molecular complexity index is 597. The molecule has 2 aliphatic heterocycles. The zero-order valence-corrected chi connectivity index (χ0v) is 15.7. The van der Waals surface area contributed by atoms with Gasteiger partial charge < -0.3 is 14.5 Å². The van der Waals surface area contributed by atoms with Crippen LogP contribution >= 0.6 is 0 Å². The predicted octanol–water partition coefficient (Wildman–Crippen LogP) is 1.88. The minimum atomic E-state index is 0.149. The van der Waals surface area contributed by atoms with Gasteiger partial charge in [-0.3, -0.25) is 4.79 Å². The Labute approximate surface area is 150 Å². The van der Waals surface area contributed by atoms with E-state index < -0.39 is 0 Å². The lowest BCUT2D eigenvalue weighted by molar-refractivity contribution is -0.137. The molecule has 138 valence electrons. The number of ether oxygens (including phenoxy) is 1. The lowest BCUT2D eigenvalue weighted by Crippen LogP contribution is -2.41. The fourth-order valence-electron chi connectivity index (χ4n) is 3.70. The topological polar surface area (TPSA) is 58.6 Å². The highest BCUT2D eigenvalue weighted by molar-refractivity contribution is 5.79. The largest absolute Gasteiger partial charge is 0.383 e. The Balaban J connectivity index is 1.54. The van der Waals surface area contributed by atoms with Gasteiger partial charge in [0.15, 0.2) is 0 Å². The first-order valence-corrected chi connectivity index (χ1v) is 9.40. The number of rotatable bonds is 6. The van der Waals surface area contributed by atoms with Gasteiger partial charge in [-0.15, -0.1) is 0 Å². The molecule has 3 heterocycles. The monoisotopic (exact) mass is 346 g/mol. The third kappa shape index (κ3) is 4.55. The van der Waals surface area contributed by atoms with Gasteiger partial charge in [-0.05, 0) is 31.8 Å². The van der Waals surface area contributed by atoms with Gasteiger partial charge >= 0.3 is 0 Å². The summed E-state index contributed by atoms with van der Waals surface area (Å²) < 4.78 is 5.14. The van der Waals surface area contributed by atoms with Crippen LogP contribution in [0.25, 0.3) is 0 Å². The van der Waals surface area contributed by atoms with Crippen molar-refractivity contribution in [1.82, 2.24) is 19.8 Å². The van der Waals surface area contributed by atoms with Gasteiger partial charge in [-0.1, -0.05) is 13.8 Å². The van der Waals surface area contributed by atoms with Crippen LogP contribution in [0.5, 0.6) is 0 Å². The molecule has 0 saturated carbocycles. The van der Waals surface area contributed by atoms with Crippen molar-refractivity contribution in [2.24, 2.45) is 11.8 Å². The summed E-state index contributed by atoms with van der Waals surface area (Å²) in [4.78, 5) is 26.4. The van der Waals surface area contributed by atoms with E-state index in [2.05, 4.69) is 28.7 Å². The number of piperidine rings is 1. The minimum Gasteiger partial charge on any atom is -0.383 e. The highest BCUT2D eigenvalue weighted by Crippen LogP contribution is 2.26. The summed E-state index contributed by atoms with van der Waals surface area (Å²) in [6, 6.07) is 0. The Morgan fingerprint density at radius 1 is 1.32 bits per heavy atom. The number of likely N-dealkylation sites (tertiary alicyclic amines) is 1. The van der Waals surface area contributed by atoms with Crippen LogP contribution in [0.1, 0.15) is 43.8 Å². The van der Waals surface area contributed by atoms with E-state index in [9.17, 15) is 4.79 Å². The third-order valence-electron chi connectivity index (χ3n) is 5.16. The molecule has 0 aliphatic carbocycles. The molecule has 1 amide bonds. The normalized spacial score (nSPS) is 18.8. The first kappa shape index (κ1) is 18.3. The molecule has 0 spiro atoms. The van der Waals surface area contributed by atoms with Gasteiger partial charge in [0, 0.05) is 44.3 Å². The molecule has 1 saturated heterocycles. The quantitative estimate of drug-likeness (QED) is 0.787. The minimum absolute atomic E-state index is 0.149. The van der Waals surface area contributed by atoms with Gasteiger partial charge in [-0.2, -0.15) is 0 Å². The van der Waals surface area contributed by atoms with Crippen LogP contribution in [-0.2, 0) is 29.0 Å². The number of hydrogen-bond acceptors (Lipinski definition) is 5. The third-order valence-corrected chi connectivity index (χ3v) is 5.16. The second-order valence-corrected chi connectivity index (χ2v) is 7.66. The molecule has 0 atom stereocenters. The van der Waals surface area contributed by atoms with Crippen molar-refractivity contribution >= 4 is 5.91 Å². The van der Waals surface area contributed by atoms with Crippen molar-refractivity contribution in [3.05, 3.63) is 23.3 Å². The maximum atomic E-state index is 12.9. The molecule has 25 heavy (non-hydrogen) atoms. The number of nitrogens with zero attached hydrogens (tertiary/aromatic N) is 4. The summed E-state index contributed by atoms with van der Waals surface area (Å²) in [7, 11) is 1.73. The van der Waals surface area contributed by atoms with Crippen LogP contribution in [0.3, 0.4) is 0 Å². The van der Waals surface area contributed by atoms with Gasteiger partial charge in [0.2, 0.25) is 5.91 Å². The lowest BCUT2D eigenvalue weighted by Gasteiger charge is -2.32. The Kier molecular flexibility index (Phi) is 6.02. The summed E-state index contributed by atoms with van der Waals surface area (Å²) in [5, 5.41) is 0. The molecular formula is C19H30N4O2. The molecule has 0 aromatic carbocycles. The van der Waals surface area contributed by atoms with Crippen LogP contribution in [0.2, 0.25) is 0 Å². The van der Waals surface area contributed by atoms with E-state index in [1.807, 2.05) is 11.1 Å². The predicted molar refractivity (Wildman–Crippen MR) is 95.9 cm³/mol. The zero-order valence-electron chi connectivity index (χ0n) is 15.7. The molecule has 6 nitrogen and oxygen atoms in total. The average molecular weight is 346 g/mol. The molecular weight excluding hydrogens is 316 g/mol. The Morgan fingerprint density at radius 3 is 2.76 bits per heavy atom. The molecule has 0 bridgehead atoms. The number of amides is 1. The molecule has 2 aliphatic rings. The summed E-state index contributed by atoms with van der Waals surface area (Å²) >= 11 is 0. The first-order valence-electron chi connectivity index (χ1n) is 9.40. The van der Waals surface area contributed by atoms with Crippen molar-refractivity contribution in [1.29, 1.82) is 0 Å². The van der Waals surface area contributed by atoms with Gasteiger partial charge in [-0.25, -0.2) is 9.97 Å². The molecule has 0 N–H and O–H groups in total.